The van der Waals surface area contributed by atoms with Gasteiger partial charge in [-0.25, -0.2) is 0 Å². The van der Waals surface area contributed by atoms with Crippen molar-refractivity contribution < 1.29 is 5.11 Å². The summed E-state index contributed by atoms with van der Waals surface area (Å²) in [6, 6.07) is 16.7. The van der Waals surface area contributed by atoms with Crippen LogP contribution in [-0.2, 0) is 6.42 Å². The molecule has 3 aromatic rings. The third-order valence-electron chi connectivity index (χ3n) is 4.79. The van der Waals surface area contributed by atoms with E-state index in [2.05, 4.69) is 77.2 Å². The van der Waals surface area contributed by atoms with Crippen molar-refractivity contribution in [2.24, 2.45) is 0 Å². The molecule has 148 valence electrons. The van der Waals surface area contributed by atoms with Crippen molar-refractivity contribution in [3.05, 3.63) is 90.8 Å². The summed E-state index contributed by atoms with van der Waals surface area (Å²) >= 11 is 0. The fourth-order valence-corrected chi connectivity index (χ4v) is 3.12. The van der Waals surface area contributed by atoms with Crippen LogP contribution in [0.5, 0.6) is 0 Å². The second-order valence-electron chi connectivity index (χ2n) is 7.28. The van der Waals surface area contributed by atoms with Crippen LogP contribution in [0.1, 0.15) is 37.3 Å². The minimum Gasteiger partial charge on any atom is -0.393 e. The van der Waals surface area contributed by atoms with Gasteiger partial charge in [0.15, 0.2) is 0 Å². The summed E-state index contributed by atoms with van der Waals surface area (Å²) in [4.78, 5) is 9.19. The van der Waals surface area contributed by atoms with Gasteiger partial charge in [-0.05, 0) is 43.7 Å². The summed E-state index contributed by atoms with van der Waals surface area (Å²) in [7, 11) is 0. The lowest BCUT2D eigenvalue weighted by Crippen LogP contribution is -1.97. The van der Waals surface area contributed by atoms with Gasteiger partial charge >= 0.3 is 0 Å². The molecule has 0 fully saturated rings. The number of aliphatic hydroxyl groups is 1. The Kier molecular flexibility index (Phi) is 7.48. The molecule has 0 bridgehead atoms. The predicted octanol–water partition coefficient (Wildman–Crippen LogP) is 6.10. The van der Waals surface area contributed by atoms with Gasteiger partial charge in [-0.3, -0.25) is 9.97 Å². The first-order valence-electron chi connectivity index (χ1n) is 10.1. The Bertz CT molecular complexity index is 924. The number of nitrogens with zero attached hydrogens (tertiary/aromatic N) is 2. The summed E-state index contributed by atoms with van der Waals surface area (Å²) in [5, 5.41) is 9.28. The molecule has 0 amide bonds. The molecule has 3 nitrogen and oxygen atoms in total. The second kappa shape index (κ2) is 10.5. The van der Waals surface area contributed by atoms with Crippen LogP contribution in [0, 0.1) is 0 Å². The molecule has 2 aromatic carbocycles. The van der Waals surface area contributed by atoms with Crippen molar-refractivity contribution in [3.63, 3.8) is 0 Å². The molecule has 0 spiro atoms. The van der Waals surface area contributed by atoms with Crippen molar-refractivity contribution in [1.82, 2.24) is 9.97 Å². The van der Waals surface area contributed by atoms with Gasteiger partial charge in [-0.1, -0.05) is 66.8 Å². The summed E-state index contributed by atoms with van der Waals surface area (Å²) in [6.45, 7) is 5.60. The summed E-state index contributed by atoms with van der Waals surface area (Å²) < 4.78 is 0. The molecule has 1 unspecified atom stereocenters. The van der Waals surface area contributed by atoms with Gasteiger partial charge in [-0.15, -0.1) is 6.58 Å². The average molecular weight is 385 g/mol. The van der Waals surface area contributed by atoms with Crippen LogP contribution in [0.3, 0.4) is 0 Å². The first-order chi connectivity index (χ1) is 14.2. The lowest BCUT2D eigenvalue weighted by atomic mass is 10.1. The van der Waals surface area contributed by atoms with Gasteiger partial charge in [-0.2, -0.15) is 0 Å². The van der Waals surface area contributed by atoms with Gasteiger partial charge in [0.05, 0.1) is 29.9 Å². The van der Waals surface area contributed by atoms with Crippen molar-refractivity contribution in [2.75, 3.05) is 0 Å². The molecule has 0 aliphatic carbocycles. The Morgan fingerprint density at radius 2 is 1.52 bits per heavy atom. The highest BCUT2D eigenvalue weighted by atomic mass is 16.3. The molecule has 1 aromatic heterocycles. The third kappa shape index (κ3) is 6.23. The minimum absolute atomic E-state index is 0.216. The topological polar surface area (TPSA) is 46.0 Å². The number of allylic oxidation sites excluding steroid dienone is 2. The number of rotatable bonds is 9. The first-order valence-corrected chi connectivity index (χ1v) is 10.1. The molecule has 0 saturated carbocycles. The zero-order valence-electron chi connectivity index (χ0n) is 17.0. The molecule has 0 aliphatic rings. The largest absolute Gasteiger partial charge is 0.393 e. The zero-order chi connectivity index (χ0) is 20.5. The van der Waals surface area contributed by atoms with Gasteiger partial charge in [0, 0.05) is 11.1 Å². The van der Waals surface area contributed by atoms with Crippen molar-refractivity contribution >= 4 is 6.08 Å². The van der Waals surface area contributed by atoms with E-state index in [0.717, 1.165) is 53.8 Å². The minimum atomic E-state index is -0.216. The van der Waals surface area contributed by atoms with Crippen LogP contribution in [0.25, 0.3) is 28.6 Å². The predicted molar refractivity (Wildman–Crippen MR) is 121 cm³/mol. The van der Waals surface area contributed by atoms with Crippen LogP contribution in [0.15, 0.2) is 79.7 Å². The van der Waals surface area contributed by atoms with E-state index in [4.69, 9.17) is 0 Å². The van der Waals surface area contributed by atoms with E-state index >= 15 is 0 Å². The molecular weight excluding hydrogens is 356 g/mol. The number of hydrogen-bond acceptors (Lipinski definition) is 3. The van der Waals surface area contributed by atoms with Crippen LogP contribution >= 0.6 is 0 Å². The SMILES string of the molecule is C=CCc1ccc(-c2cnc(-c3ccc(C=CCCCC(C)O)cc3)cn2)cc1. The van der Waals surface area contributed by atoms with Crippen molar-refractivity contribution in [3.8, 4) is 22.5 Å². The van der Waals surface area contributed by atoms with E-state index in [0.29, 0.717) is 0 Å². The highest BCUT2D eigenvalue weighted by Gasteiger charge is 2.03. The van der Waals surface area contributed by atoms with Crippen molar-refractivity contribution in [2.45, 2.75) is 38.7 Å². The smallest absolute Gasteiger partial charge is 0.0885 e. The maximum absolute atomic E-state index is 9.28. The number of aromatic nitrogens is 2. The van der Waals surface area contributed by atoms with Crippen LogP contribution < -0.4 is 0 Å². The Morgan fingerprint density at radius 1 is 0.931 bits per heavy atom. The van der Waals surface area contributed by atoms with Crippen LogP contribution in [-0.4, -0.2) is 21.2 Å². The van der Waals surface area contributed by atoms with Crippen LogP contribution in [0.4, 0.5) is 0 Å². The lowest BCUT2D eigenvalue weighted by Gasteiger charge is -2.05. The first kappa shape index (κ1) is 20.7. The van der Waals surface area contributed by atoms with Gasteiger partial charge in [0.25, 0.3) is 0 Å². The second-order valence-corrected chi connectivity index (χ2v) is 7.28. The molecule has 0 saturated heterocycles. The van der Waals surface area contributed by atoms with E-state index in [1.807, 2.05) is 25.4 Å². The Balaban J connectivity index is 1.62. The maximum atomic E-state index is 9.28. The summed E-state index contributed by atoms with van der Waals surface area (Å²) in [5.74, 6) is 0. The molecule has 3 rings (SSSR count). The molecule has 3 heteroatoms. The summed E-state index contributed by atoms with van der Waals surface area (Å²) in [5.41, 5.74) is 6.25. The normalized spacial score (nSPS) is 12.2. The number of hydrogen-bond donors (Lipinski definition) is 1. The number of aliphatic hydroxyl groups excluding tert-OH is 1. The zero-order valence-corrected chi connectivity index (χ0v) is 17.0. The van der Waals surface area contributed by atoms with Gasteiger partial charge in [0.2, 0.25) is 0 Å². The maximum Gasteiger partial charge on any atom is 0.0885 e. The van der Waals surface area contributed by atoms with Gasteiger partial charge < -0.3 is 5.11 Å². The molecule has 0 radical (unpaired) electrons. The molecule has 1 N–H and O–H groups in total. The van der Waals surface area contributed by atoms with E-state index in [-0.39, 0.29) is 6.10 Å². The Hall–Kier alpha value is -3.04. The highest BCUT2D eigenvalue weighted by molar-refractivity contribution is 5.64. The molecule has 1 heterocycles. The van der Waals surface area contributed by atoms with E-state index < -0.39 is 0 Å². The fourth-order valence-electron chi connectivity index (χ4n) is 3.12. The number of unbranched alkanes of at least 4 members (excludes halogenated alkanes) is 1. The van der Waals surface area contributed by atoms with Crippen LogP contribution in [0.2, 0.25) is 0 Å². The Morgan fingerprint density at radius 3 is 2.03 bits per heavy atom. The van der Waals surface area contributed by atoms with E-state index in [1.165, 1.54) is 5.56 Å². The number of benzene rings is 2. The molecule has 29 heavy (non-hydrogen) atoms. The Labute approximate surface area is 173 Å². The van der Waals surface area contributed by atoms with Crippen molar-refractivity contribution in [1.29, 1.82) is 0 Å². The standard InChI is InChI=1S/C26H28N2O/c1-3-7-21-10-14-23(15-11-21)25-18-28-26(19-27-25)24-16-12-22(13-17-24)9-6-4-5-8-20(2)29/h3,6,9-20,29H,1,4-5,7-8H2,2H3. The van der Waals surface area contributed by atoms with E-state index in [1.54, 1.807) is 0 Å². The summed E-state index contributed by atoms with van der Waals surface area (Å²) in [6.07, 6.45) is 13.3. The van der Waals surface area contributed by atoms with E-state index in [9.17, 15) is 5.11 Å². The van der Waals surface area contributed by atoms with Gasteiger partial charge in [0.1, 0.15) is 0 Å². The quantitative estimate of drug-likeness (QED) is 0.358. The highest BCUT2D eigenvalue weighted by Crippen LogP contribution is 2.21. The third-order valence-corrected chi connectivity index (χ3v) is 4.79. The molecular formula is C26H28N2O. The lowest BCUT2D eigenvalue weighted by molar-refractivity contribution is 0.182. The monoisotopic (exact) mass is 384 g/mol. The average Bonchev–Trinajstić information content (AvgIpc) is 2.75. The molecule has 0 aliphatic heterocycles. The fraction of sp³-hybridized carbons (Fsp3) is 0.231. The molecule has 1 atom stereocenters.